The lowest BCUT2D eigenvalue weighted by Crippen LogP contribution is -2.23. The number of rotatable bonds is 19. The number of unbranched alkanes of at least 4 members (excludes halogenated alkanes) is 12. The van der Waals surface area contributed by atoms with Crippen molar-refractivity contribution in [2.24, 2.45) is 0 Å². The number of phenolic OH excluding ortho intramolecular Hbond substituents is 1. The standard InChI is InChI=1S/C28H46O5.C11H14O3/c1-28(2,3)33-27(30)24-19-18-20-25(23-24)32-22-17-15-13-11-9-7-5-6-8-10-12-14-16-21-26(29)31-4;1-11(2,3)14-10(13)8-5-4-6-9(12)7-8/h18-20,23H,5-17,21-22H2,1-4H3;4-7,12H,1-3H3. The molecule has 8 nitrogen and oxygen atoms in total. The summed E-state index contributed by atoms with van der Waals surface area (Å²) in [6, 6.07) is 13.3. The fourth-order valence-electron chi connectivity index (χ4n) is 4.63. The van der Waals surface area contributed by atoms with Crippen LogP contribution in [-0.4, -0.2) is 47.9 Å². The highest BCUT2D eigenvalue weighted by atomic mass is 16.6. The van der Waals surface area contributed by atoms with E-state index in [1.165, 1.54) is 83.5 Å². The lowest BCUT2D eigenvalue weighted by molar-refractivity contribution is -0.140. The minimum atomic E-state index is -0.511. The van der Waals surface area contributed by atoms with Crippen molar-refractivity contribution in [1.82, 2.24) is 0 Å². The van der Waals surface area contributed by atoms with Gasteiger partial charge in [0, 0.05) is 6.42 Å². The molecule has 0 atom stereocenters. The second kappa shape index (κ2) is 22.9. The molecule has 0 unspecified atom stereocenters. The zero-order chi connectivity index (χ0) is 35.1. The zero-order valence-corrected chi connectivity index (χ0v) is 30.0. The number of aromatic hydroxyl groups is 1. The first-order valence-corrected chi connectivity index (χ1v) is 17.3. The Morgan fingerprint density at radius 2 is 1.02 bits per heavy atom. The van der Waals surface area contributed by atoms with Gasteiger partial charge in [-0.3, -0.25) is 4.79 Å². The molecule has 264 valence electrons. The van der Waals surface area contributed by atoms with Crippen LogP contribution in [0.3, 0.4) is 0 Å². The summed E-state index contributed by atoms with van der Waals surface area (Å²) in [5.41, 5.74) is -0.120. The smallest absolute Gasteiger partial charge is 0.338 e. The van der Waals surface area contributed by atoms with Gasteiger partial charge >= 0.3 is 17.9 Å². The van der Waals surface area contributed by atoms with Crippen LogP contribution in [0.2, 0.25) is 0 Å². The van der Waals surface area contributed by atoms with Gasteiger partial charge in [-0.2, -0.15) is 0 Å². The third-order valence-electron chi connectivity index (χ3n) is 6.97. The van der Waals surface area contributed by atoms with E-state index in [4.69, 9.17) is 19.3 Å². The van der Waals surface area contributed by atoms with Crippen molar-refractivity contribution >= 4 is 17.9 Å². The van der Waals surface area contributed by atoms with E-state index in [1.54, 1.807) is 45.0 Å². The number of ether oxygens (including phenoxy) is 4. The van der Waals surface area contributed by atoms with Gasteiger partial charge in [-0.05, 0) is 90.8 Å². The predicted molar refractivity (Wildman–Crippen MR) is 187 cm³/mol. The van der Waals surface area contributed by atoms with E-state index in [9.17, 15) is 14.4 Å². The molecule has 0 bridgehead atoms. The highest BCUT2D eigenvalue weighted by molar-refractivity contribution is 5.90. The van der Waals surface area contributed by atoms with Crippen molar-refractivity contribution in [1.29, 1.82) is 0 Å². The number of hydrogen-bond acceptors (Lipinski definition) is 8. The molecule has 1 N–H and O–H groups in total. The Bertz CT molecular complexity index is 1180. The SMILES string of the molecule is CC(C)(C)OC(=O)c1cccc(O)c1.COC(=O)CCCCCCCCCCCCCCCOc1cccc(C(=O)OC(C)(C)C)c1. The third kappa shape index (κ3) is 22.6. The van der Waals surface area contributed by atoms with Gasteiger partial charge in [0.15, 0.2) is 0 Å². The summed E-state index contributed by atoms with van der Waals surface area (Å²) in [5.74, 6) is -0.0419. The minimum Gasteiger partial charge on any atom is -0.508 e. The first kappa shape index (κ1) is 41.5. The number of carbonyl (C=O) groups excluding carboxylic acids is 3. The summed E-state index contributed by atoms with van der Waals surface area (Å²) in [5, 5.41) is 9.15. The quantitative estimate of drug-likeness (QED) is 0.0904. The van der Waals surface area contributed by atoms with Gasteiger partial charge in [-0.25, -0.2) is 9.59 Å². The highest BCUT2D eigenvalue weighted by Crippen LogP contribution is 2.19. The van der Waals surface area contributed by atoms with Crippen LogP contribution in [-0.2, 0) is 19.0 Å². The number of phenols is 1. The molecule has 0 aliphatic rings. The van der Waals surface area contributed by atoms with E-state index in [0.717, 1.165) is 25.0 Å². The summed E-state index contributed by atoms with van der Waals surface area (Å²) < 4.78 is 21.0. The molecule has 0 saturated carbocycles. The van der Waals surface area contributed by atoms with Crippen LogP contribution in [0.4, 0.5) is 0 Å². The van der Waals surface area contributed by atoms with Gasteiger partial charge < -0.3 is 24.1 Å². The Hall–Kier alpha value is -3.55. The molecular formula is C39H60O8. The second-order valence-corrected chi connectivity index (χ2v) is 13.9. The molecule has 2 aromatic carbocycles. The van der Waals surface area contributed by atoms with Gasteiger partial charge in [0.2, 0.25) is 0 Å². The van der Waals surface area contributed by atoms with Gasteiger partial charge in [-0.15, -0.1) is 0 Å². The molecule has 8 heteroatoms. The summed E-state index contributed by atoms with van der Waals surface area (Å²) in [4.78, 5) is 34.7. The molecule has 0 fully saturated rings. The average Bonchev–Trinajstić information content (AvgIpc) is 2.99. The van der Waals surface area contributed by atoms with Gasteiger partial charge in [0.1, 0.15) is 22.7 Å². The van der Waals surface area contributed by atoms with Crippen LogP contribution in [0.5, 0.6) is 11.5 Å². The summed E-state index contributed by atoms with van der Waals surface area (Å²) >= 11 is 0. The molecule has 0 spiro atoms. The van der Waals surface area contributed by atoms with Crippen molar-refractivity contribution in [3.8, 4) is 11.5 Å². The molecule has 0 amide bonds. The normalized spacial score (nSPS) is 11.2. The zero-order valence-electron chi connectivity index (χ0n) is 30.0. The number of carbonyl (C=O) groups is 3. The van der Waals surface area contributed by atoms with Crippen molar-refractivity contribution in [2.75, 3.05) is 13.7 Å². The Morgan fingerprint density at radius 1 is 0.596 bits per heavy atom. The molecule has 0 saturated heterocycles. The number of benzene rings is 2. The van der Waals surface area contributed by atoms with Crippen LogP contribution in [0.15, 0.2) is 48.5 Å². The topological polar surface area (TPSA) is 108 Å². The minimum absolute atomic E-state index is 0.0633. The molecule has 0 aliphatic heterocycles. The van der Waals surface area contributed by atoms with Crippen molar-refractivity contribution in [2.45, 2.75) is 143 Å². The van der Waals surface area contributed by atoms with Crippen molar-refractivity contribution < 1.29 is 38.4 Å². The van der Waals surface area contributed by atoms with Crippen molar-refractivity contribution in [3.05, 3.63) is 59.7 Å². The molecule has 0 heterocycles. The molecule has 0 aromatic heterocycles. The van der Waals surface area contributed by atoms with Crippen LogP contribution in [0.1, 0.15) is 152 Å². The fourth-order valence-corrected chi connectivity index (χ4v) is 4.63. The number of esters is 3. The monoisotopic (exact) mass is 656 g/mol. The van der Waals surface area contributed by atoms with Crippen LogP contribution in [0.25, 0.3) is 0 Å². The van der Waals surface area contributed by atoms with E-state index in [1.807, 2.05) is 32.9 Å². The summed E-state index contributed by atoms with van der Waals surface area (Å²) in [6.07, 6.45) is 16.5. The number of hydrogen-bond donors (Lipinski definition) is 1. The Kier molecular flexibility index (Phi) is 20.2. The molecule has 47 heavy (non-hydrogen) atoms. The van der Waals surface area contributed by atoms with E-state index in [2.05, 4.69) is 4.74 Å². The van der Waals surface area contributed by atoms with Crippen LogP contribution in [0, 0.1) is 0 Å². The fraction of sp³-hybridized carbons (Fsp3) is 0.615. The highest BCUT2D eigenvalue weighted by Gasteiger charge is 2.19. The van der Waals surface area contributed by atoms with Gasteiger partial charge in [0.05, 0.1) is 24.8 Å². The third-order valence-corrected chi connectivity index (χ3v) is 6.97. The van der Waals surface area contributed by atoms with Crippen LogP contribution >= 0.6 is 0 Å². The van der Waals surface area contributed by atoms with Gasteiger partial charge in [0.25, 0.3) is 0 Å². The molecule has 0 aliphatic carbocycles. The molecular weight excluding hydrogens is 596 g/mol. The largest absolute Gasteiger partial charge is 0.508 e. The number of methoxy groups -OCH3 is 1. The van der Waals surface area contributed by atoms with E-state index < -0.39 is 17.2 Å². The first-order valence-electron chi connectivity index (χ1n) is 17.3. The average molecular weight is 657 g/mol. The van der Waals surface area contributed by atoms with E-state index >= 15 is 0 Å². The van der Waals surface area contributed by atoms with Gasteiger partial charge in [-0.1, -0.05) is 82.8 Å². The molecule has 2 aromatic rings. The predicted octanol–water partition coefficient (Wildman–Crippen LogP) is 10.0. The van der Waals surface area contributed by atoms with E-state index in [-0.39, 0.29) is 17.7 Å². The van der Waals surface area contributed by atoms with E-state index in [0.29, 0.717) is 24.2 Å². The summed E-state index contributed by atoms with van der Waals surface area (Å²) in [6.45, 7) is 11.7. The Balaban J connectivity index is 0.000000654. The Morgan fingerprint density at radius 3 is 1.47 bits per heavy atom. The Labute approximate surface area is 283 Å². The molecule has 2 rings (SSSR count). The lowest BCUT2D eigenvalue weighted by Gasteiger charge is -2.19. The second-order valence-electron chi connectivity index (χ2n) is 13.9. The summed E-state index contributed by atoms with van der Waals surface area (Å²) in [7, 11) is 1.45. The maximum absolute atomic E-state index is 12.2. The maximum atomic E-state index is 12.2. The van der Waals surface area contributed by atoms with Crippen molar-refractivity contribution in [3.63, 3.8) is 0 Å². The molecule has 0 radical (unpaired) electrons. The first-order chi connectivity index (χ1) is 22.2. The maximum Gasteiger partial charge on any atom is 0.338 e. The lowest BCUT2D eigenvalue weighted by atomic mass is 10.0. The van der Waals surface area contributed by atoms with Crippen LogP contribution < -0.4 is 4.74 Å².